The molecule has 4 aromatic carbocycles. The van der Waals surface area contributed by atoms with E-state index in [9.17, 15) is 61.5 Å². The molecule has 1 aromatic heterocycles. The van der Waals surface area contributed by atoms with E-state index >= 15 is 4.79 Å². The van der Waals surface area contributed by atoms with E-state index in [2.05, 4.69) is 33.1 Å². The number of carbonyl (C=O) groups excluding carboxylic acids is 9. The first-order valence-electron chi connectivity index (χ1n) is 27.4. The summed E-state index contributed by atoms with van der Waals surface area (Å²) in [5.74, 6) is 1.62. The summed E-state index contributed by atoms with van der Waals surface area (Å²) in [6, 6.07) is 20.9. The van der Waals surface area contributed by atoms with E-state index < -0.39 is 97.3 Å². The molecule has 5 atom stereocenters. The SMILES string of the molecule is Cn1c(C(=O)N[C@H]2CN(C(=O)CCCCCC#Cc3cccc4c3CN(C3CCC(=O)NC3=O)C4=O)CC[C@H]3CC[C@@H](C(=O)N[C@@H](COC(N)=O)C(=O)NC(c4ccccc4)c4ccccc4)N3C2=O)cc2cc(C(F)(F)P(=O)(O)O)ccc21. The lowest BCUT2D eigenvalue weighted by Crippen LogP contribution is -2.62. The quantitative estimate of drug-likeness (QED) is 0.0278. The van der Waals surface area contributed by atoms with Crippen LogP contribution in [-0.2, 0) is 57.3 Å². The van der Waals surface area contributed by atoms with Crippen molar-refractivity contribution in [2.45, 2.75) is 113 Å². The van der Waals surface area contributed by atoms with Crippen molar-refractivity contribution in [3.63, 3.8) is 0 Å². The molecule has 9 rings (SSSR count). The molecule has 25 heteroatoms. The average molecular weight is 1170 g/mol. The maximum atomic E-state index is 15.1. The Morgan fingerprint density at radius 1 is 0.869 bits per heavy atom. The second kappa shape index (κ2) is 25.4. The molecule has 9 amide bonds. The zero-order valence-corrected chi connectivity index (χ0v) is 46.5. The van der Waals surface area contributed by atoms with Gasteiger partial charge in [-0.05, 0) is 85.5 Å². The van der Waals surface area contributed by atoms with Gasteiger partial charge in [0.2, 0.25) is 35.4 Å². The topological polar surface area (TPSA) is 309 Å². The number of nitrogens with one attached hydrogen (secondary N) is 4. The summed E-state index contributed by atoms with van der Waals surface area (Å²) < 4.78 is 47.8. The third kappa shape index (κ3) is 13.0. The van der Waals surface area contributed by atoms with Crippen LogP contribution in [0.4, 0.5) is 13.6 Å². The zero-order valence-electron chi connectivity index (χ0n) is 45.6. The van der Waals surface area contributed by atoms with E-state index in [0.29, 0.717) is 53.5 Å². The minimum atomic E-state index is -5.95. The number of unbranched alkanes of at least 4 members (excludes halogenated alkanes) is 3. The third-order valence-corrected chi connectivity index (χ3v) is 16.7. The van der Waals surface area contributed by atoms with Gasteiger partial charge in [0.25, 0.3) is 11.8 Å². The summed E-state index contributed by atoms with van der Waals surface area (Å²) >= 11 is 0. The molecule has 5 aromatic rings. The van der Waals surface area contributed by atoms with E-state index in [0.717, 1.165) is 12.1 Å². The number of nitrogens with two attached hydrogens (primary N) is 1. The number of halogens is 2. The minimum absolute atomic E-state index is 0.0209. The second-order valence-corrected chi connectivity index (χ2v) is 22.8. The summed E-state index contributed by atoms with van der Waals surface area (Å²) in [4.78, 5) is 145. The van der Waals surface area contributed by atoms with E-state index in [1.807, 2.05) is 12.1 Å². The number of imide groups is 1. The number of fused-ring (bicyclic) bond motifs is 3. The standard InChI is InChI=1S/C59H62F2N9O13P/c1-67-45-24-22-39(59(60,61)84(80,81)82)30-38(45)31-48(67)55(76)63-43-33-68(50(72)21-12-4-2-3-7-14-35-19-13-20-41-42(35)32-69(56(41)77)46-26-27-49(71)65-53(46)74)29-28-40-23-25-47(70(40)57(43)78)54(75)64-44(34-83-58(62)79)52(73)66-51(36-15-8-5-9-16-36)37-17-10-6-11-18-37/h5-6,8-11,13,15-20,22,24,30-31,40,43-44,46-47,51H,2-4,12,21,23,25-29,32-34H2,1H3,(H2,62,79)(H,63,76)(H,64,75)(H,66,73)(H,65,71,74)(H2,80,81,82)/t40-,43+,44+,46?,47+/m1/s1. The van der Waals surface area contributed by atoms with Gasteiger partial charge < -0.3 is 55.5 Å². The van der Waals surface area contributed by atoms with Crippen LogP contribution in [0.25, 0.3) is 10.9 Å². The van der Waals surface area contributed by atoms with Gasteiger partial charge in [0, 0.05) is 79.6 Å². The molecule has 84 heavy (non-hydrogen) atoms. The molecule has 8 N–H and O–H groups in total. The number of rotatable bonds is 18. The predicted molar refractivity (Wildman–Crippen MR) is 298 cm³/mol. The van der Waals surface area contributed by atoms with E-state index in [1.54, 1.807) is 66.7 Å². The first kappa shape index (κ1) is 59.8. The Labute approximate surface area is 480 Å². The van der Waals surface area contributed by atoms with Crippen molar-refractivity contribution >= 4 is 71.8 Å². The summed E-state index contributed by atoms with van der Waals surface area (Å²) in [5, 5.41) is 10.6. The van der Waals surface area contributed by atoms with Crippen molar-refractivity contribution in [3.8, 4) is 11.8 Å². The number of benzene rings is 4. The monoisotopic (exact) mass is 1170 g/mol. The second-order valence-electron chi connectivity index (χ2n) is 21.1. The van der Waals surface area contributed by atoms with E-state index in [4.69, 9.17) is 10.5 Å². The van der Waals surface area contributed by atoms with Crippen molar-refractivity contribution < 1.29 is 71.0 Å². The number of amides is 9. The number of aromatic nitrogens is 1. The molecule has 3 saturated heterocycles. The fraction of sp³-hybridized carbons (Fsp3) is 0.373. The van der Waals surface area contributed by atoms with Crippen molar-refractivity contribution in [1.82, 2.24) is 40.5 Å². The van der Waals surface area contributed by atoms with Gasteiger partial charge in [-0.1, -0.05) is 91.1 Å². The Balaban J connectivity index is 0.899. The molecule has 1 unspecified atom stereocenters. The molecule has 4 aliphatic heterocycles. The van der Waals surface area contributed by atoms with Crippen LogP contribution >= 0.6 is 7.60 Å². The molecule has 0 aliphatic carbocycles. The Bertz CT molecular complexity index is 3490. The largest absolute Gasteiger partial charge is 0.447 e. The maximum Gasteiger partial charge on any atom is 0.404 e. The van der Waals surface area contributed by atoms with Crippen LogP contribution in [-0.4, -0.2) is 132 Å². The summed E-state index contributed by atoms with van der Waals surface area (Å²) in [7, 11) is -4.51. The lowest BCUT2D eigenvalue weighted by atomic mass is 9.98. The Morgan fingerprint density at radius 2 is 1.58 bits per heavy atom. The molecule has 5 heterocycles. The molecule has 4 aliphatic rings. The van der Waals surface area contributed by atoms with Crippen molar-refractivity contribution in [3.05, 3.63) is 142 Å². The summed E-state index contributed by atoms with van der Waals surface area (Å²) in [6.07, 6.45) is 1.88. The molecule has 0 spiro atoms. The van der Waals surface area contributed by atoms with Gasteiger partial charge >= 0.3 is 19.4 Å². The Morgan fingerprint density at radius 3 is 2.26 bits per heavy atom. The highest BCUT2D eigenvalue weighted by atomic mass is 31.2. The van der Waals surface area contributed by atoms with Crippen LogP contribution in [0.2, 0.25) is 0 Å². The number of nitrogens with zero attached hydrogens (tertiary/aromatic N) is 4. The summed E-state index contributed by atoms with van der Waals surface area (Å²) in [5.41, 5.74) is 3.05. The maximum absolute atomic E-state index is 15.1. The van der Waals surface area contributed by atoms with Gasteiger partial charge in [0.05, 0.1) is 6.04 Å². The zero-order chi connectivity index (χ0) is 60.0. The normalized spacial score (nSPS) is 19.3. The first-order valence-corrected chi connectivity index (χ1v) is 29.0. The number of hydrogen-bond acceptors (Lipinski definition) is 11. The lowest BCUT2D eigenvalue weighted by Gasteiger charge is -2.39. The van der Waals surface area contributed by atoms with Gasteiger partial charge in [0.15, 0.2) is 0 Å². The lowest BCUT2D eigenvalue weighted by molar-refractivity contribution is -0.146. The predicted octanol–water partition coefficient (Wildman–Crippen LogP) is 4.34. The number of piperidine rings is 1. The van der Waals surface area contributed by atoms with Gasteiger partial charge in [-0.2, -0.15) is 8.78 Å². The number of aryl methyl sites for hydroxylation is 1. The van der Waals surface area contributed by atoms with Crippen molar-refractivity contribution in [2.75, 3.05) is 19.7 Å². The number of hydrogen-bond donors (Lipinski definition) is 7. The van der Waals surface area contributed by atoms with Crippen molar-refractivity contribution in [1.29, 1.82) is 0 Å². The van der Waals surface area contributed by atoms with Crippen LogP contribution in [0.1, 0.15) is 119 Å². The van der Waals surface area contributed by atoms with Crippen LogP contribution < -0.4 is 27.0 Å². The van der Waals surface area contributed by atoms with Gasteiger partial charge in [-0.25, -0.2) is 4.79 Å². The van der Waals surface area contributed by atoms with Crippen LogP contribution in [0.3, 0.4) is 0 Å². The summed E-state index contributed by atoms with van der Waals surface area (Å²) in [6.45, 7) is -0.744. The van der Waals surface area contributed by atoms with Gasteiger partial charge in [-0.3, -0.25) is 48.2 Å². The van der Waals surface area contributed by atoms with Crippen LogP contribution in [0, 0.1) is 11.8 Å². The molecule has 0 bridgehead atoms. The molecule has 0 saturated carbocycles. The molecule has 440 valence electrons. The van der Waals surface area contributed by atoms with E-state index in [-0.39, 0.29) is 92.5 Å². The number of carbonyl (C=O) groups is 9. The third-order valence-electron chi connectivity index (χ3n) is 15.7. The molecule has 22 nitrogen and oxygen atoms in total. The fourth-order valence-corrected chi connectivity index (χ4v) is 11.8. The fourth-order valence-electron chi connectivity index (χ4n) is 11.3. The van der Waals surface area contributed by atoms with E-state index in [1.165, 1.54) is 38.4 Å². The van der Waals surface area contributed by atoms with Gasteiger partial charge in [0.1, 0.15) is 36.5 Å². The first-order chi connectivity index (χ1) is 40.1. The highest BCUT2D eigenvalue weighted by Gasteiger charge is 2.51. The smallest absolute Gasteiger partial charge is 0.404 e. The Hall–Kier alpha value is -8.78. The van der Waals surface area contributed by atoms with Crippen molar-refractivity contribution in [2.24, 2.45) is 12.8 Å². The van der Waals surface area contributed by atoms with Crippen LogP contribution in [0.5, 0.6) is 0 Å². The minimum Gasteiger partial charge on any atom is -0.447 e. The molecular formula is C59H62F2N9O13P. The van der Waals surface area contributed by atoms with Crippen LogP contribution in [0.15, 0.2) is 103 Å². The highest BCUT2D eigenvalue weighted by molar-refractivity contribution is 7.52. The number of ether oxygens (including phenoxy) is 1. The number of alkyl halides is 2. The molecule has 0 radical (unpaired) electrons. The van der Waals surface area contributed by atoms with Gasteiger partial charge in [-0.15, -0.1) is 0 Å². The molecular weight excluding hydrogens is 1110 g/mol. The number of primary amides is 1. The average Bonchev–Trinajstić information content (AvgIpc) is 4.36. The Kier molecular flexibility index (Phi) is 18.1. The molecule has 3 fully saturated rings. The highest BCUT2D eigenvalue weighted by Crippen LogP contribution is 2.59.